The summed E-state index contributed by atoms with van der Waals surface area (Å²) in [5.74, 6) is 2.00. The van der Waals surface area contributed by atoms with Crippen LogP contribution in [0.25, 0.3) is 0 Å². The predicted octanol–water partition coefficient (Wildman–Crippen LogP) is 4.03. The van der Waals surface area contributed by atoms with E-state index in [1.807, 2.05) is 13.8 Å². The van der Waals surface area contributed by atoms with E-state index in [0.717, 1.165) is 37.6 Å². The van der Waals surface area contributed by atoms with Crippen LogP contribution in [0, 0.1) is 0 Å². The Hall–Kier alpha value is 0.540. The fourth-order valence-electron chi connectivity index (χ4n) is 1.93. The van der Waals surface area contributed by atoms with Crippen LogP contribution in [-0.4, -0.2) is 62.0 Å². The van der Waals surface area contributed by atoms with Crippen LogP contribution < -0.4 is 0 Å². The first-order valence-electron chi connectivity index (χ1n) is 8.01. The highest BCUT2D eigenvalue weighted by molar-refractivity contribution is 7.98. The Labute approximate surface area is 145 Å². The topological polar surface area (TPSA) is 36.9 Å². The SMILES string of the molecule is CSCCOC(C)OC(C)CCC(C)OC(C)OCCSC. The Bertz CT molecular complexity index is 220. The van der Waals surface area contributed by atoms with E-state index in [9.17, 15) is 0 Å². The van der Waals surface area contributed by atoms with Gasteiger partial charge in [0.05, 0.1) is 25.4 Å². The average Bonchev–Trinajstić information content (AvgIpc) is 2.45. The Morgan fingerprint density at radius 3 is 1.36 bits per heavy atom. The molecule has 0 aliphatic carbocycles. The van der Waals surface area contributed by atoms with Crippen molar-refractivity contribution >= 4 is 23.5 Å². The maximum Gasteiger partial charge on any atom is 0.155 e. The van der Waals surface area contributed by atoms with Gasteiger partial charge < -0.3 is 18.9 Å². The van der Waals surface area contributed by atoms with Crippen LogP contribution >= 0.6 is 23.5 Å². The quantitative estimate of drug-likeness (QED) is 0.326. The molecule has 0 bridgehead atoms. The summed E-state index contributed by atoms with van der Waals surface area (Å²) in [5, 5.41) is 0. The number of thioether (sulfide) groups is 2. The molecule has 0 aromatic rings. The highest BCUT2D eigenvalue weighted by Crippen LogP contribution is 2.12. The fraction of sp³-hybridized carbons (Fsp3) is 1.00. The van der Waals surface area contributed by atoms with Crippen molar-refractivity contribution in [3.05, 3.63) is 0 Å². The van der Waals surface area contributed by atoms with Gasteiger partial charge in [-0.25, -0.2) is 0 Å². The van der Waals surface area contributed by atoms with Crippen molar-refractivity contribution in [2.75, 3.05) is 37.2 Å². The van der Waals surface area contributed by atoms with Gasteiger partial charge in [-0.3, -0.25) is 0 Å². The zero-order chi connectivity index (χ0) is 16.8. The molecule has 134 valence electrons. The van der Waals surface area contributed by atoms with Gasteiger partial charge in [-0.1, -0.05) is 0 Å². The molecule has 0 heterocycles. The maximum absolute atomic E-state index is 5.81. The lowest BCUT2D eigenvalue weighted by Crippen LogP contribution is -2.24. The molecule has 0 aromatic heterocycles. The molecule has 0 fully saturated rings. The second-order valence-corrected chi connectivity index (χ2v) is 7.30. The van der Waals surface area contributed by atoms with Crippen LogP contribution in [0.5, 0.6) is 0 Å². The molecule has 4 atom stereocenters. The molecule has 0 radical (unpaired) electrons. The molecular weight excluding hydrogens is 320 g/mol. The van der Waals surface area contributed by atoms with Crippen LogP contribution in [0.3, 0.4) is 0 Å². The van der Waals surface area contributed by atoms with E-state index in [-0.39, 0.29) is 24.8 Å². The molecule has 4 unspecified atom stereocenters. The molecule has 0 spiro atoms. The maximum atomic E-state index is 5.81. The molecule has 0 aromatic carbocycles. The Morgan fingerprint density at radius 1 is 0.682 bits per heavy atom. The van der Waals surface area contributed by atoms with E-state index in [1.165, 1.54) is 0 Å². The molecular formula is C16H34O4S2. The monoisotopic (exact) mass is 354 g/mol. The Kier molecular flexibility index (Phi) is 15.5. The number of hydrogen-bond donors (Lipinski definition) is 0. The second-order valence-electron chi connectivity index (χ2n) is 5.33. The first-order chi connectivity index (χ1) is 10.5. The molecule has 0 rings (SSSR count). The molecule has 0 saturated carbocycles. The van der Waals surface area contributed by atoms with E-state index in [2.05, 4.69) is 26.4 Å². The van der Waals surface area contributed by atoms with Crippen LogP contribution in [0.15, 0.2) is 0 Å². The molecule has 0 aliphatic rings. The lowest BCUT2D eigenvalue weighted by molar-refractivity contribution is -0.167. The zero-order valence-electron chi connectivity index (χ0n) is 15.0. The third-order valence-corrected chi connectivity index (χ3v) is 4.26. The standard InChI is InChI=1S/C16H34O4S2/c1-13(19-15(3)17-9-11-21-5)7-8-14(2)20-16(4)18-10-12-22-6/h13-16H,7-12H2,1-6H3. The van der Waals surface area contributed by atoms with E-state index < -0.39 is 0 Å². The minimum Gasteiger partial charge on any atom is -0.352 e. The molecule has 4 nitrogen and oxygen atoms in total. The molecule has 6 heteroatoms. The highest BCUT2D eigenvalue weighted by atomic mass is 32.2. The van der Waals surface area contributed by atoms with E-state index in [1.54, 1.807) is 23.5 Å². The summed E-state index contributed by atoms with van der Waals surface area (Å²) in [4.78, 5) is 0. The minimum absolute atomic E-state index is 0.146. The van der Waals surface area contributed by atoms with Crippen molar-refractivity contribution in [3.63, 3.8) is 0 Å². The third kappa shape index (κ3) is 14.2. The number of ether oxygens (including phenoxy) is 4. The summed E-state index contributed by atoms with van der Waals surface area (Å²) >= 11 is 3.56. The number of hydrogen-bond acceptors (Lipinski definition) is 6. The normalized spacial score (nSPS) is 17.2. The lowest BCUT2D eigenvalue weighted by Gasteiger charge is -2.23. The first kappa shape index (κ1) is 22.5. The molecule has 0 aliphatic heterocycles. The van der Waals surface area contributed by atoms with E-state index >= 15 is 0 Å². The van der Waals surface area contributed by atoms with Crippen molar-refractivity contribution in [2.24, 2.45) is 0 Å². The van der Waals surface area contributed by atoms with Crippen molar-refractivity contribution < 1.29 is 18.9 Å². The highest BCUT2D eigenvalue weighted by Gasteiger charge is 2.13. The summed E-state index contributed by atoms with van der Waals surface area (Å²) in [6.45, 7) is 9.55. The minimum atomic E-state index is -0.146. The molecule has 0 N–H and O–H groups in total. The van der Waals surface area contributed by atoms with Gasteiger partial charge in [0, 0.05) is 11.5 Å². The van der Waals surface area contributed by atoms with Gasteiger partial charge in [-0.15, -0.1) is 0 Å². The van der Waals surface area contributed by atoms with Crippen LogP contribution in [0.1, 0.15) is 40.5 Å². The van der Waals surface area contributed by atoms with Gasteiger partial charge in [0.1, 0.15) is 0 Å². The molecule has 0 amide bonds. The van der Waals surface area contributed by atoms with Crippen molar-refractivity contribution in [3.8, 4) is 0 Å². The fourth-order valence-corrected chi connectivity index (χ4v) is 2.46. The van der Waals surface area contributed by atoms with E-state index in [4.69, 9.17) is 18.9 Å². The predicted molar refractivity (Wildman–Crippen MR) is 97.9 cm³/mol. The van der Waals surface area contributed by atoms with Crippen molar-refractivity contribution in [1.29, 1.82) is 0 Å². The van der Waals surface area contributed by atoms with Gasteiger partial charge in [-0.05, 0) is 53.0 Å². The summed E-state index contributed by atoms with van der Waals surface area (Å²) in [7, 11) is 0. The van der Waals surface area contributed by atoms with Gasteiger partial charge in [-0.2, -0.15) is 23.5 Å². The average molecular weight is 355 g/mol. The van der Waals surface area contributed by atoms with Gasteiger partial charge in [0.25, 0.3) is 0 Å². The van der Waals surface area contributed by atoms with E-state index in [0.29, 0.717) is 0 Å². The van der Waals surface area contributed by atoms with Gasteiger partial charge in [0.15, 0.2) is 12.6 Å². The lowest BCUT2D eigenvalue weighted by atomic mass is 10.1. The van der Waals surface area contributed by atoms with Crippen LogP contribution in [0.4, 0.5) is 0 Å². The molecule has 22 heavy (non-hydrogen) atoms. The van der Waals surface area contributed by atoms with Crippen molar-refractivity contribution in [1.82, 2.24) is 0 Å². The summed E-state index contributed by atoms with van der Waals surface area (Å²) in [6.07, 6.45) is 6.10. The first-order valence-corrected chi connectivity index (χ1v) is 10.8. The smallest absolute Gasteiger partial charge is 0.155 e. The largest absolute Gasteiger partial charge is 0.352 e. The molecule has 0 saturated heterocycles. The third-order valence-electron chi connectivity index (χ3n) is 3.11. The van der Waals surface area contributed by atoms with Crippen LogP contribution in [-0.2, 0) is 18.9 Å². The zero-order valence-corrected chi connectivity index (χ0v) is 16.6. The summed E-state index contributed by atoms with van der Waals surface area (Å²) < 4.78 is 22.8. The number of rotatable bonds is 15. The van der Waals surface area contributed by atoms with Gasteiger partial charge in [0.2, 0.25) is 0 Å². The van der Waals surface area contributed by atoms with Gasteiger partial charge >= 0.3 is 0 Å². The second kappa shape index (κ2) is 15.1. The van der Waals surface area contributed by atoms with Crippen molar-refractivity contribution in [2.45, 2.75) is 65.3 Å². The Balaban J connectivity index is 3.68. The summed E-state index contributed by atoms with van der Waals surface area (Å²) in [6, 6.07) is 0. The summed E-state index contributed by atoms with van der Waals surface area (Å²) in [5.41, 5.74) is 0. The van der Waals surface area contributed by atoms with Crippen LogP contribution in [0.2, 0.25) is 0 Å². The Morgan fingerprint density at radius 2 is 1.05 bits per heavy atom.